The van der Waals surface area contributed by atoms with Gasteiger partial charge < -0.3 is 5.32 Å². The van der Waals surface area contributed by atoms with E-state index in [9.17, 15) is 0 Å². The molecule has 0 spiro atoms. The van der Waals surface area contributed by atoms with Crippen LogP contribution in [0, 0.1) is 17.3 Å². The second-order valence-corrected chi connectivity index (χ2v) is 7.74. The van der Waals surface area contributed by atoms with E-state index in [0.29, 0.717) is 5.41 Å². The van der Waals surface area contributed by atoms with Crippen molar-refractivity contribution in [2.45, 2.75) is 91.1 Å². The molecular formula is C17H33N. The summed E-state index contributed by atoms with van der Waals surface area (Å²) in [6.45, 7) is 9.69. The van der Waals surface area contributed by atoms with Gasteiger partial charge in [-0.25, -0.2) is 0 Å². The van der Waals surface area contributed by atoms with Crippen LogP contribution in [0.25, 0.3) is 0 Å². The first-order valence-electron chi connectivity index (χ1n) is 8.28. The Morgan fingerprint density at radius 3 is 2.28 bits per heavy atom. The van der Waals surface area contributed by atoms with Gasteiger partial charge in [-0.15, -0.1) is 0 Å². The molecule has 2 saturated carbocycles. The summed E-state index contributed by atoms with van der Waals surface area (Å²) in [6.07, 6.45) is 11.4. The molecule has 1 heteroatoms. The minimum Gasteiger partial charge on any atom is -0.311 e. The molecule has 18 heavy (non-hydrogen) atoms. The summed E-state index contributed by atoms with van der Waals surface area (Å²) in [5.41, 5.74) is 0.557. The molecule has 0 amide bonds. The topological polar surface area (TPSA) is 12.0 Å². The van der Waals surface area contributed by atoms with E-state index >= 15 is 0 Å². The Balaban J connectivity index is 1.89. The number of hydrogen-bond acceptors (Lipinski definition) is 1. The van der Waals surface area contributed by atoms with Gasteiger partial charge >= 0.3 is 0 Å². The molecule has 0 saturated heterocycles. The maximum absolute atomic E-state index is 4.04. The van der Waals surface area contributed by atoms with Crippen LogP contribution in [-0.2, 0) is 0 Å². The van der Waals surface area contributed by atoms with Crippen LogP contribution in [-0.4, -0.2) is 12.1 Å². The minimum absolute atomic E-state index is 0.557. The Labute approximate surface area is 114 Å². The van der Waals surface area contributed by atoms with Crippen molar-refractivity contribution in [2.75, 3.05) is 0 Å². The fourth-order valence-corrected chi connectivity index (χ4v) is 4.52. The molecule has 1 N–H and O–H groups in total. The van der Waals surface area contributed by atoms with Crippen LogP contribution in [0.4, 0.5) is 0 Å². The third kappa shape index (κ3) is 3.50. The summed E-state index contributed by atoms with van der Waals surface area (Å²) >= 11 is 0. The molecule has 0 aromatic rings. The maximum atomic E-state index is 4.04. The maximum Gasteiger partial charge on any atom is 0.0101 e. The molecule has 3 unspecified atom stereocenters. The van der Waals surface area contributed by atoms with Gasteiger partial charge in [-0.2, -0.15) is 0 Å². The van der Waals surface area contributed by atoms with Crippen LogP contribution in [0.2, 0.25) is 0 Å². The normalized spacial score (nSPS) is 34.7. The summed E-state index contributed by atoms with van der Waals surface area (Å²) in [5.74, 6) is 1.82. The van der Waals surface area contributed by atoms with Crippen LogP contribution >= 0.6 is 0 Å². The van der Waals surface area contributed by atoms with Gasteiger partial charge in [-0.1, -0.05) is 47.0 Å². The molecule has 106 valence electrons. The zero-order chi connectivity index (χ0) is 13.2. The van der Waals surface area contributed by atoms with Crippen molar-refractivity contribution in [1.82, 2.24) is 5.32 Å². The van der Waals surface area contributed by atoms with Gasteiger partial charge in [0.1, 0.15) is 0 Å². The van der Waals surface area contributed by atoms with Crippen molar-refractivity contribution in [3.63, 3.8) is 0 Å². The lowest BCUT2D eigenvalue weighted by molar-refractivity contribution is 0.231. The molecule has 0 bridgehead atoms. The van der Waals surface area contributed by atoms with Crippen LogP contribution in [0.5, 0.6) is 0 Å². The van der Waals surface area contributed by atoms with Crippen molar-refractivity contribution < 1.29 is 0 Å². The van der Waals surface area contributed by atoms with Gasteiger partial charge in [0.15, 0.2) is 0 Å². The van der Waals surface area contributed by atoms with Crippen molar-refractivity contribution in [1.29, 1.82) is 0 Å². The summed E-state index contributed by atoms with van der Waals surface area (Å²) in [7, 11) is 0. The first-order chi connectivity index (χ1) is 8.52. The van der Waals surface area contributed by atoms with Crippen molar-refractivity contribution in [3.8, 4) is 0 Å². The molecule has 2 aliphatic carbocycles. The third-order valence-electron chi connectivity index (χ3n) is 5.42. The number of nitrogens with one attached hydrogen (secondary N) is 1. The third-order valence-corrected chi connectivity index (χ3v) is 5.42. The van der Waals surface area contributed by atoms with E-state index in [-0.39, 0.29) is 0 Å². The summed E-state index contributed by atoms with van der Waals surface area (Å²) in [5, 5.41) is 4.04. The molecule has 0 aromatic heterocycles. The van der Waals surface area contributed by atoms with Gasteiger partial charge in [-0.3, -0.25) is 0 Å². The zero-order valence-corrected chi connectivity index (χ0v) is 13.0. The van der Waals surface area contributed by atoms with E-state index in [0.717, 1.165) is 23.9 Å². The van der Waals surface area contributed by atoms with E-state index in [2.05, 4.69) is 33.0 Å². The fraction of sp³-hybridized carbons (Fsp3) is 1.00. The smallest absolute Gasteiger partial charge is 0.0101 e. The predicted molar refractivity (Wildman–Crippen MR) is 79.8 cm³/mol. The molecule has 1 nitrogen and oxygen atoms in total. The Hall–Kier alpha value is -0.0400. The van der Waals surface area contributed by atoms with Gasteiger partial charge in [-0.05, 0) is 49.4 Å². The fourth-order valence-electron chi connectivity index (χ4n) is 4.52. The van der Waals surface area contributed by atoms with Crippen molar-refractivity contribution in [3.05, 3.63) is 0 Å². The SMILES string of the molecule is CCC(NC1CC(C)(C)CC1C)C1CCCCC1. The van der Waals surface area contributed by atoms with Crippen LogP contribution in [0.15, 0.2) is 0 Å². The van der Waals surface area contributed by atoms with Crippen molar-refractivity contribution >= 4 is 0 Å². The van der Waals surface area contributed by atoms with Crippen LogP contribution in [0.3, 0.4) is 0 Å². The van der Waals surface area contributed by atoms with Gasteiger partial charge in [0.25, 0.3) is 0 Å². The lowest BCUT2D eigenvalue weighted by Gasteiger charge is -2.34. The highest BCUT2D eigenvalue weighted by molar-refractivity contribution is 4.93. The summed E-state index contributed by atoms with van der Waals surface area (Å²) in [6, 6.07) is 1.55. The molecule has 0 heterocycles. The van der Waals surface area contributed by atoms with Gasteiger partial charge in [0.2, 0.25) is 0 Å². The number of hydrogen-bond donors (Lipinski definition) is 1. The molecule has 0 aromatic carbocycles. The molecule has 2 fully saturated rings. The standard InChI is InChI=1S/C17H33N/c1-5-15(14-9-7-6-8-10-14)18-16-12-17(3,4)11-13(16)2/h13-16,18H,5-12H2,1-4H3. The Kier molecular flexibility index (Phi) is 4.75. The quantitative estimate of drug-likeness (QED) is 0.759. The minimum atomic E-state index is 0.557. The van der Waals surface area contributed by atoms with E-state index in [1.165, 1.54) is 51.4 Å². The zero-order valence-electron chi connectivity index (χ0n) is 13.0. The highest BCUT2D eigenvalue weighted by Crippen LogP contribution is 2.41. The summed E-state index contributed by atoms with van der Waals surface area (Å²) in [4.78, 5) is 0. The Morgan fingerprint density at radius 1 is 1.11 bits per heavy atom. The highest BCUT2D eigenvalue weighted by Gasteiger charge is 2.38. The molecule has 2 rings (SSSR count). The molecule has 2 aliphatic rings. The Bertz CT molecular complexity index is 252. The Morgan fingerprint density at radius 2 is 1.78 bits per heavy atom. The summed E-state index contributed by atoms with van der Waals surface area (Å²) < 4.78 is 0. The van der Waals surface area contributed by atoms with E-state index in [1.807, 2.05) is 0 Å². The second-order valence-electron chi connectivity index (χ2n) is 7.74. The van der Waals surface area contributed by atoms with Gasteiger partial charge in [0, 0.05) is 12.1 Å². The molecule has 0 aliphatic heterocycles. The van der Waals surface area contributed by atoms with E-state index in [4.69, 9.17) is 0 Å². The van der Waals surface area contributed by atoms with Crippen LogP contribution in [0.1, 0.15) is 79.1 Å². The molecular weight excluding hydrogens is 218 g/mol. The van der Waals surface area contributed by atoms with Crippen molar-refractivity contribution in [2.24, 2.45) is 17.3 Å². The first-order valence-corrected chi connectivity index (χ1v) is 8.28. The largest absolute Gasteiger partial charge is 0.311 e. The van der Waals surface area contributed by atoms with Gasteiger partial charge in [0.05, 0.1) is 0 Å². The average Bonchev–Trinajstić information content (AvgIpc) is 2.60. The average molecular weight is 251 g/mol. The number of rotatable bonds is 4. The second kappa shape index (κ2) is 5.94. The molecule has 0 radical (unpaired) electrons. The molecule has 3 atom stereocenters. The first kappa shape index (κ1) is 14.4. The van der Waals surface area contributed by atoms with Crippen LogP contribution < -0.4 is 5.32 Å². The monoisotopic (exact) mass is 251 g/mol. The van der Waals surface area contributed by atoms with E-state index in [1.54, 1.807) is 0 Å². The lowest BCUT2D eigenvalue weighted by Crippen LogP contribution is -2.44. The highest BCUT2D eigenvalue weighted by atomic mass is 15.0. The van der Waals surface area contributed by atoms with E-state index < -0.39 is 0 Å². The predicted octanol–water partition coefficient (Wildman–Crippen LogP) is 4.76. The lowest BCUT2D eigenvalue weighted by atomic mass is 9.82.